The summed E-state index contributed by atoms with van der Waals surface area (Å²) >= 11 is 0. The first kappa shape index (κ1) is 16.2. The lowest BCUT2D eigenvalue weighted by atomic mass is 10.00. The normalized spacial score (nSPS) is 18.7. The molecule has 1 saturated heterocycles. The van der Waals surface area contributed by atoms with Gasteiger partial charge in [0.2, 0.25) is 0 Å². The third kappa shape index (κ3) is 4.15. The Bertz CT molecular complexity index is 470. The molecule has 0 saturated carbocycles. The van der Waals surface area contributed by atoms with Gasteiger partial charge < -0.3 is 5.73 Å². The average Bonchev–Trinajstić information content (AvgIpc) is 2.45. The molecule has 0 spiro atoms. The maximum absolute atomic E-state index is 13.1. The molecule has 3 nitrogen and oxygen atoms in total. The fraction of sp³-hybridized carbons (Fsp3) is 0.571. The summed E-state index contributed by atoms with van der Waals surface area (Å²) in [5.74, 6) is -0.903. The number of rotatable bonds is 4. The first-order chi connectivity index (χ1) is 9.91. The molecule has 1 aliphatic rings. The minimum absolute atomic E-state index is 0.00517. The number of piperidine rings is 1. The lowest BCUT2D eigenvalue weighted by molar-refractivity contribution is -0.138. The maximum Gasteiger partial charge on any atom is 0.416 e. The van der Waals surface area contributed by atoms with Crippen LogP contribution >= 0.6 is 0 Å². The second-order valence-electron chi connectivity index (χ2n) is 5.19. The molecule has 118 valence electrons. The number of hydrogen-bond acceptors (Lipinski definition) is 3. The first-order valence-electron chi connectivity index (χ1n) is 6.99. The molecular weight excluding hydrogens is 286 g/mol. The van der Waals surface area contributed by atoms with E-state index in [1.165, 1.54) is 0 Å². The summed E-state index contributed by atoms with van der Waals surface area (Å²) in [6, 6.07) is 2.04. The fourth-order valence-corrected chi connectivity index (χ4v) is 2.57. The lowest BCUT2D eigenvalue weighted by Crippen LogP contribution is -2.46. The molecule has 1 aromatic carbocycles. The third-order valence-electron chi connectivity index (χ3n) is 3.63. The predicted molar refractivity (Wildman–Crippen MR) is 71.8 cm³/mol. The van der Waals surface area contributed by atoms with Gasteiger partial charge in [-0.15, -0.1) is 0 Å². The number of halogens is 4. The minimum atomic E-state index is -4.60. The van der Waals surface area contributed by atoms with Crippen molar-refractivity contribution in [2.75, 3.05) is 19.6 Å². The highest BCUT2D eigenvalue weighted by atomic mass is 19.4. The van der Waals surface area contributed by atoms with Gasteiger partial charge in [-0.2, -0.15) is 13.2 Å². The molecule has 0 amide bonds. The molecule has 21 heavy (non-hydrogen) atoms. The van der Waals surface area contributed by atoms with Crippen molar-refractivity contribution in [2.24, 2.45) is 5.73 Å². The van der Waals surface area contributed by atoms with Gasteiger partial charge in [-0.1, -0.05) is 12.5 Å². The van der Waals surface area contributed by atoms with E-state index >= 15 is 0 Å². The predicted octanol–water partition coefficient (Wildman–Crippen LogP) is 2.83. The van der Waals surface area contributed by atoms with Crippen LogP contribution < -0.4 is 11.2 Å². The van der Waals surface area contributed by atoms with E-state index in [4.69, 9.17) is 5.73 Å². The van der Waals surface area contributed by atoms with Crippen molar-refractivity contribution >= 4 is 0 Å². The topological polar surface area (TPSA) is 41.3 Å². The van der Waals surface area contributed by atoms with Crippen molar-refractivity contribution in [1.29, 1.82) is 0 Å². The molecule has 2 rings (SSSR count). The van der Waals surface area contributed by atoms with Gasteiger partial charge in [0.25, 0.3) is 0 Å². The number of nitrogens with two attached hydrogens (primary N) is 1. The van der Waals surface area contributed by atoms with Crippen LogP contribution in [0.2, 0.25) is 0 Å². The summed E-state index contributed by atoms with van der Waals surface area (Å²) < 4.78 is 52.3. The Morgan fingerprint density at radius 3 is 2.43 bits per heavy atom. The largest absolute Gasteiger partial charge is 0.416 e. The molecule has 1 atom stereocenters. The van der Waals surface area contributed by atoms with Crippen LogP contribution in [0.4, 0.5) is 17.6 Å². The highest BCUT2D eigenvalue weighted by molar-refractivity contribution is 5.33. The Morgan fingerprint density at radius 2 is 1.86 bits per heavy atom. The summed E-state index contributed by atoms with van der Waals surface area (Å²) in [6.07, 6.45) is -1.48. The van der Waals surface area contributed by atoms with E-state index < -0.39 is 23.6 Å². The highest BCUT2D eigenvalue weighted by Gasteiger charge is 2.35. The quantitative estimate of drug-likeness (QED) is 0.841. The van der Waals surface area contributed by atoms with Gasteiger partial charge in [-0.3, -0.25) is 0 Å². The van der Waals surface area contributed by atoms with Crippen LogP contribution in [0, 0.1) is 5.82 Å². The Morgan fingerprint density at radius 1 is 1.19 bits per heavy atom. The molecule has 1 unspecified atom stereocenters. The fourth-order valence-electron chi connectivity index (χ4n) is 2.57. The number of hydrogen-bond donors (Lipinski definition) is 2. The van der Waals surface area contributed by atoms with E-state index in [9.17, 15) is 17.6 Å². The molecule has 0 aliphatic carbocycles. The minimum Gasteiger partial charge on any atom is -0.329 e. The molecule has 1 aromatic rings. The second-order valence-corrected chi connectivity index (χ2v) is 5.19. The van der Waals surface area contributed by atoms with Gasteiger partial charge in [0, 0.05) is 19.6 Å². The molecule has 3 N–H and O–H groups in total. The Kier molecular flexibility index (Phi) is 5.18. The average molecular weight is 305 g/mol. The van der Waals surface area contributed by atoms with Gasteiger partial charge in [0.05, 0.1) is 11.6 Å². The smallest absolute Gasteiger partial charge is 0.329 e. The number of benzene rings is 1. The van der Waals surface area contributed by atoms with Crippen LogP contribution in [0.15, 0.2) is 18.2 Å². The molecule has 0 radical (unpaired) electrons. The molecule has 1 fully saturated rings. The Hall–Kier alpha value is -1.18. The van der Waals surface area contributed by atoms with Crippen LogP contribution in [0.3, 0.4) is 0 Å². The standard InChI is InChI=1S/C14H19F4N3/c15-10-4-5-11(12(8-10)14(16,17)18)13(9-19)20-21-6-2-1-3-7-21/h4-5,8,13,20H,1-3,6-7,9,19H2. The summed E-state index contributed by atoms with van der Waals surface area (Å²) in [6.45, 7) is 1.56. The first-order valence-corrected chi connectivity index (χ1v) is 6.99. The van der Waals surface area contributed by atoms with Crippen LogP contribution in [0.5, 0.6) is 0 Å². The van der Waals surface area contributed by atoms with E-state index in [2.05, 4.69) is 5.43 Å². The maximum atomic E-state index is 13.1. The van der Waals surface area contributed by atoms with Crippen molar-refractivity contribution < 1.29 is 17.6 Å². The number of hydrazine groups is 1. The van der Waals surface area contributed by atoms with Crippen molar-refractivity contribution in [2.45, 2.75) is 31.5 Å². The summed E-state index contributed by atoms with van der Waals surface area (Å²) in [5.41, 5.74) is 7.68. The Labute approximate surface area is 121 Å². The van der Waals surface area contributed by atoms with E-state index in [-0.39, 0.29) is 12.1 Å². The molecule has 7 heteroatoms. The summed E-state index contributed by atoms with van der Waals surface area (Å²) in [4.78, 5) is 0. The van der Waals surface area contributed by atoms with Gasteiger partial charge in [-0.05, 0) is 30.5 Å². The zero-order valence-corrected chi connectivity index (χ0v) is 11.6. The van der Waals surface area contributed by atoms with Crippen LogP contribution in [-0.4, -0.2) is 24.6 Å². The third-order valence-corrected chi connectivity index (χ3v) is 3.63. The van der Waals surface area contributed by atoms with Gasteiger partial charge in [0.15, 0.2) is 0 Å². The van der Waals surface area contributed by atoms with E-state index in [1.54, 1.807) is 0 Å². The van der Waals surface area contributed by atoms with Gasteiger partial charge in [-0.25, -0.2) is 14.8 Å². The summed E-state index contributed by atoms with van der Waals surface area (Å²) in [5, 5.41) is 1.89. The van der Waals surface area contributed by atoms with Crippen LogP contribution in [-0.2, 0) is 6.18 Å². The SMILES string of the molecule is NCC(NN1CCCCC1)c1ccc(F)cc1C(F)(F)F. The second kappa shape index (κ2) is 6.72. The number of nitrogens with zero attached hydrogens (tertiary/aromatic N) is 1. The van der Waals surface area contributed by atoms with Crippen molar-refractivity contribution in [3.05, 3.63) is 35.1 Å². The monoisotopic (exact) mass is 305 g/mol. The Balaban J connectivity index is 2.24. The highest BCUT2D eigenvalue weighted by Crippen LogP contribution is 2.35. The van der Waals surface area contributed by atoms with E-state index in [1.807, 2.05) is 5.01 Å². The van der Waals surface area contributed by atoms with Crippen LogP contribution in [0.25, 0.3) is 0 Å². The van der Waals surface area contributed by atoms with Gasteiger partial charge in [0.1, 0.15) is 5.82 Å². The van der Waals surface area contributed by atoms with Gasteiger partial charge >= 0.3 is 6.18 Å². The van der Waals surface area contributed by atoms with Crippen molar-refractivity contribution in [3.8, 4) is 0 Å². The van der Waals surface area contributed by atoms with Crippen molar-refractivity contribution in [1.82, 2.24) is 10.4 Å². The van der Waals surface area contributed by atoms with E-state index in [0.29, 0.717) is 6.07 Å². The molecular formula is C14H19F4N3. The summed E-state index contributed by atoms with van der Waals surface area (Å²) in [7, 11) is 0. The zero-order chi connectivity index (χ0) is 15.5. The van der Waals surface area contributed by atoms with Crippen molar-refractivity contribution in [3.63, 3.8) is 0 Å². The number of nitrogens with one attached hydrogen (secondary N) is 1. The molecule has 0 aromatic heterocycles. The van der Waals surface area contributed by atoms with Crippen LogP contribution in [0.1, 0.15) is 36.4 Å². The molecule has 1 aliphatic heterocycles. The lowest BCUT2D eigenvalue weighted by Gasteiger charge is -2.32. The molecule has 1 heterocycles. The zero-order valence-electron chi connectivity index (χ0n) is 11.6. The molecule has 0 bridgehead atoms. The van der Waals surface area contributed by atoms with E-state index in [0.717, 1.165) is 44.5 Å². The number of alkyl halides is 3.